The third-order valence-electron chi connectivity index (χ3n) is 3.25. The predicted octanol–water partition coefficient (Wildman–Crippen LogP) is 4.08. The average Bonchev–Trinajstić information content (AvgIpc) is 2.40. The Bertz CT molecular complexity index is 549. The molecule has 0 aliphatic carbocycles. The fourth-order valence-electron chi connectivity index (χ4n) is 2.00. The van der Waals surface area contributed by atoms with E-state index in [1.54, 1.807) is 6.07 Å². The van der Waals surface area contributed by atoms with Gasteiger partial charge in [-0.2, -0.15) is 0 Å². The van der Waals surface area contributed by atoms with Gasteiger partial charge in [0.25, 0.3) is 0 Å². The first-order valence-electron chi connectivity index (χ1n) is 6.15. The van der Waals surface area contributed by atoms with Gasteiger partial charge in [-0.25, -0.2) is 4.39 Å². The standard InChI is InChI=1S/C16H18FN/c1-11-7-8-16(17)15(9-11)14-6-4-5-13(10-14)12(2)18-3/h4-10,12,18H,1-3H3. The van der Waals surface area contributed by atoms with Crippen LogP contribution in [0.1, 0.15) is 24.1 Å². The highest BCUT2D eigenvalue weighted by Crippen LogP contribution is 2.26. The van der Waals surface area contributed by atoms with Crippen molar-refractivity contribution in [3.05, 3.63) is 59.4 Å². The summed E-state index contributed by atoms with van der Waals surface area (Å²) >= 11 is 0. The molecule has 18 heavy (non-hydrogen) atoms. The van der Waals surface area contributed by atoms with Crippen LogP contribution >= 0.6 is 0 Å². The normalized spacial score (nSPS) is 12.4. The quantitative estimate of drug-likeness (QED) is 0.856. The van der Waals surface area contributed by atoms with Gasteiger partial charge in [0, 0.05) is 11.6 Å². The number of nitrogens with one attached hydrogen (secondary N) is 1. The lowest BCUT2D eigenvalue weighted by Gasteiger charge is -2.12. The molecule has 2 rings (SSSR count). The van der Waals surface area contributed by atoms with E-state index in [4.69, 9.17) is 0 Å². The smallest absolute Gasteiger partial charge is 0.131 e. The Balaban J connectivity index is 2.47. The van der Waals surface area contributed by atoms with Crippen molar-refractivity contribution < 1.29 is 4.39 Å². The summed E-state index contributed by atoms with van der Waals surface area (Å²) in [6.07, 6.45) is 0. The Morgan fingerprint density at radius 1 is 1.11 bits per heavy atom. The summed E-state index contributed by atoms with van der Waals surface area (Å²) in [5, 5.41) is 3.19. The summed E-state index contributed by atoms with van der Waals surface area (Å²) in [7, 11) is 1.92. The van der Waals surface area contributed by atoms with Crippen molar-refractivity contribution in [1.82, 2.24) is 5.32 Å². The van der Waals surface area contributed by atoms with Gasteiger partial charge in [-0.05, 0) is 50.2 Å². The Morgan fingerprint density at radius 2 is 1.89 bits per heavy atom. The Hall–Kier alpha value is -1.67. The number of hydrogen-bond acceptors (Lipinski definition) is 1. The van der Waals surface area contributed by atoms with Gasteiger partial charge in [-0.15, -0.1) is 0 Å². The van der Waals surface area contributed by atoms with E-state index in [2.05, 4.69) is 18.3 Å². The molecule has 0 spiro atoms. The van der Waals surface area contributed by atoms with Gasteiger partial charge >= 0.3 is 0 Å². The van der Waals surface area contributed by atoms with Gasteiger partial charge < -0.3 is 5.32 Å². The molecule has 1 N–H and O–H groups in total. The molecule has 94 valence electrons. The van der Waals surface area contributed by atoms with Gasteiger partial charge in [-0.3, -0.25) is 0 Å². The van der Waals surface area contributed by atoms with Crippen molar-refractivity contribution in [2.45, 2.75) is 19.9 Å². The molecule has 1 nitrogen and oxygen atoms in total. The van der Waals surface area contributed by atoms with Gasteiger partial charge in [0.15, 0.2) is 0 Å². The van der Waals surface area contributed by atoms with Crippen LogP contribution in [-0.2, 0) is 0 Å². The molecule has 2 aromatic rings. The van der Waals surface area contributed by atoms with Crippen molar-refractivity contribution >= 4 is 0 Å². The van der Waals surface area contributed by atoms with Crippen LogP contribution in [0.25, 0.3) is 11.1 Å². The molecule has 1 atom stereocenters. The van der Waals surface area contributed by atoms with E-state index in [1.807, 2.05) is 38.2 Å². The van der Waals surface area contributed by atoms with Crippen molar-refractivity contribution in [2.75, 3.05) is 7.05 Å². The zero-order chi connectivity index (χ0) is 13.1. The van der Waals surface area contributed by atoms with Crippen LogP contribution in [0.3, 0.4) is 0 Å². The number of hydrogen-bond donors (Lipinski definition) is 1. The zero-order valence-corrected chi connectivity index (χ0v) is 11.0. The molecule has 0 aliphatic heterocycles. The maximum absolute atomic E-state index is 13.9. The van der Waals surface area contributed by atoms with Crippen LogP contribution in [0.2, 0.25) is 0 Å². The summed E-state index contributed by atoms with van der Waals surface area (Å²) in [4.78, 5) is 0. The molecule has 0 aromatic heterocycles. The topological polar surface area (TPSA) is 12.0 Å². The van der Waals surface area contributed by atoms with E-state index in [-0.39, 0.29) is 11.9 Å². The first-order chi connectivity index (χ1) is 8.61. The van der Waals surface area contributed by atoms with Crippen LogP contribution < -0.4 is 5.32 Å². The van der Waals surface area contributed by atoms with Crippen LogP contribution in [0.4, 0.5) is 4.39 Å². The van der Waals surface area contributed by atoms with Crippen LogP contribution in [0.5, 0.6) is 0 Å². The molecule has 0 fully saturated rings. The van der Waals surface area contributed by atoms with Gasteiger partial charge in [-0.1, -0.05) is 29.8 Å². The predicted molar refractivity (Wildman–Crippen MR) is 74.0 cm³/mol. The van der Waals surface area contributed by atoms with Gasteiger partial charge in [0.05, 0.1) is 0 Å². The molecular formula is C16H18FN. The first-order valence-corrected chi connectivity index (χ1v) is 6.15. The first kappa shape index (κ1) is 12.8. The van der Waals surface area contributed by atoms with Crippen molar-refractivity contribution in [1.29, 1.82) is 0 Å². The minimum absolute atomic E-state index is 0.171. The Kier molecular flexibility index (Phi) is 3.78. The van der Waals surface area contributed by atoms with Crippen LogP contribution in [0, 0.1) is 12.7 Å². The molecule has 0 radical (unpaired) electrons. The molecule has 1 unspecified atom stereocenters. The monoisotopic (exact) mass is 243 g/mol. The lowest BCUT2D eigenvalue weighted by molar-refractivity contribution is 0.630. The van der Waals surface area contributed by atoms with Crippen LogP contribution in [0.15, 0.2) is 42.5 Å². The number of rotatable bonds is 3. The maximum atomic E-state index is 13.9. The lowest BCUT2D eigenvalue weighted by Crippen LogP contribution is -2.12. The van der Waals surface area contributed by atoms with Gasteiger partial charge in [0.1, 0.15) is 5.82 Å². The second-order valence-corrected chi connectivity index (χ2v) is 4.62. The Labute approximate surface area is 108 Å². The molecule has 0 saturated heterocycles. The molecule has 0 aliphatic rings. The third-order valence-corrected chi connectivity index (χ3v) is 3.25. The molecule has 0 saturated carbocycles. The SMILES string of the molecule is CNC(C)c1cccc(-c2cc(C)ccc2F)c1. The minimum atomic E-state index is -0.171. The summed E-state index contributed by atoms with van der Waals surface area (Å²) in [5.74, 6) is -0.171. The second kappa shape index (κ2) is 5.32. The van der Waals surface area contributed by atoms with E-state index in [9.17, 15) is 4.39 Å². The van der Waals surface area contributed by atoms with Crippen molar-refractivity contribution in [2.24, 2.45) is 0 Å². The summed E-state index contributed by atoms with van der Waals surface area (Å²) in [6.45, 7) is 4.06. The fraction of sp³-hybridized carbons (Fsp3) is 0.250. The summed E-state index contributed by atoms with van der Waals surface area (Å²) < 4.78 is 13.9. The lowest BCUT2D eigenvalue weighted by atomic mass is 9.98. The van der Waals surface area contributed by atoms with E-state index in [0.29, 0.717) is 5.56 Å². The highest BCUT2D eigenvalue weighted by atomic mass is 19.1. The molecule has 0 amide bonds. The van der Waals surface area contributed by atoms with E-state index in [1.165, 1.54) is 6.07 Å². The molecule has 2 aromatic carbocycles. The largest absolute Gasteiger partial charge is 0.313 e. The maximum Gasteiger partial charge on any atom is 0.131 e. The molecule has 0 bridgehead atoms. The number of halogens is 1. The van der Waals surface area contributed by atoms with E-state index < -0.39 is 0 Å². The average molecular weight is 243 g/mol. The second-order valence-electron chi connectivity index (χ2n) is 4.62. The summed E-state index contributed by atoms with van der Waals surface area (Å²) in [6, 6.07) is 13.5. The van der Waals surface area contributed by atoms with Gasteiger partial charge in [0.2, 0.25) is 0 Å². The van der Waals surface area contributed by atoms with Crippen LogP contribution in [-0.4, -0.2) is 7.05 Å². The molecular weight excluding hydrogens is 225 g/mol. The number of benzene rings is 2. The summed E-state index contributed by atoms with van der Waals surface area (Å²) in [5.41, 5.74) is 3.82. The zero-order valence-electron chi connectivity index (χ0n) is 11.0. The highest BCUT2D eigenvalue weighted by molar-refractivity contribution is 5.65. The van der Waals surface area contributed by atoms with Crippen molar-refractivity contribution in [3.8, 4) is 11.1 Å². The third kappa shape index (κ3) is 2.59. The van der Waals surface area contributed by atoms with E-state index >= 15 is 0 Å². The number of aryl methyl sites for hydroxylation is 1. The highest BCUT2D eigenvalue weighted by Gasteiger charge is 2.08. The Morgan fingerprint density at radius 3 is 2.61 bits per heavy atom. The van der Waals surface area contributed by atoms with E-state index in [0.717, 1.165) is 16.7 Å². The fourth-order valence-corrected chi connectivity index (χ4v) is 2.00. The molecule has 0 heterocycles. The minimum Gasteiger partial charge on any atom is -0.313 e. The van der Waals surface area contributed by atoms with Crippen molar-refractivity contribution in [3.63, 3.8) is 0 Å². The molecule has 2 heteroatoms.